The highest BCUT2D eigenvalue weighted by molar-refractivity contribution is 5.94. The van der Waals surface area contributed by atoms with Crippen LogP contribution in [-0.2, 0) is 6.42 Å². The molecule has 1 N–H and O–H groups in total. The maximum Gasteiger partial charge on any atom is 0.251 e. The second kappa shape index (κ2) is 4.74. The van der Waals surface area contributed by atoms with Crippen LogP contribution in [-0.4, -0.2) is 16.9 Å². The maximum absolute atomic E-state index is 11.6. The van der Waals surface area contributed by atoms with Gasteiger partial charge in [-0.1, -0.05) is 6.92 Å². The lowest BCUT2D eigenvalue weighted by Crippen LogP contribution is -2.30. The smallest absolute Gasteiger partial charge is 0.251 e. The largest absolute Gasteiger partial charge is 0.350 e. The molecule has 0 bridgehead atoms. The Hall–Kier alpha value is -1.38. The highest BCUT2D eigenvalue weighted by Crippen LogP contribution is 2.02. The molecule has 76 valence electrons. The van der Waals surface area contributed by atoms with E-state index in [0.717, 1.165) is 12.1 Å². The molecule has 0 fully saturated rings. The summed E-state index contributed by atoms with van der Waals surface area (Å²) in [7, 11) is 0. The number of nitrogens with one attached hydrogen (secondary N) is 1. The average molecular weight is 192 g/mol. The van der Waals surface area contributed by atoms with Crippen molar-refractivity contribution in [2.75, 3.05) is 0 Å². The molecule has 1 heterocycles. The number of hydrogen-bond donors (Lipinski definition) is 1. The Morgan fingerprint density at radius 1 is 1.57 bits per heavy atom. The normalized spacial score (nSPS) is 10.3. The van der Waals surface area contributed by atoms with E-state index >= 15 is 0 Å². The van der Waals surface area contributed by atoms with E-state index in [1.807, 2.05) is 26.8 Å². The fraction of sp³-hybridized carbons (Fsp3) is 0.455. The molecule has 0 atom stereocenters. The minimum atomic E-state index is -0.0305. The number of amides is 1. The minimum absolute atomic E-state index is 0.0305. The van der Waals surface area contributed by atoms with Crippen LogP contribution in [0.4, 0.5) is 0 Å². The van der Waals surface area contributed by atoms with Crippen LogP contribution in [0, 0.1) is 0 Å². The van der Waals surface area contributed by atoms with E-state index in [-0.39, 0.29) is 11.9 Å². The van der Waals surface area contributed by atoms with Crippen LogP contribution in [0.25, 0.3) is 0 Å². The summed E-state index contributed by atoms with van der Waals surface area (Å²) in [5.74, 6) is -0.0305. The Labute approximate surface area is 84.6 Å². The molecule has 0 aliphatic heterocycles. The number of carbonyl (C=O) groups is 1. The van der Waals surface area contributed by atoms with Gasteiger partial charge in [0.1, 0.15) is 0 Å². The lowest BCUT2D eigenvalue weighted by atomic mass is 10.2. The topological polar surface area (TPSA) is 42.0 Å². The van der Waals surface area contributed by atoms with Gasteiger partial charge in [0, 0.05) is 23.5 Å². The maximum atomic E-state index is 11.6. The first-order valence-electron chi connectivity index (χ1n) is 4.89. The third-order valence-corrected chi connectivity index (χ3v) is 1.86. The second-order valence-electron chi connectivity index (χ2n) is 3.52. The zero-order valence-electron chi connectivity index (χ0n) is 8.87. The summed E-state index contributed by atoms with van der Waals surface area (Å²) in [4.78, 5) is 15.7. The third kappa shape index (κ3) is 2.83. The molecule has 0 aliphatic carbocycles. The number of aromatic nitrogens is 1. The summed E-state index contributed by atoms with van der Waals surface area (Å²) >= 11 is 0. The van der Waals surface area contributed by atoms with Gasteiger partial charge in [0.05, 0.1) is 0 Å². The van der Waals surface area contributed by atoms with Crippen molar-refractivity contribution in [2.45, 2.75) is 33.2 Å². The van der Waals surface area contributed by atoms with E-state index < -0.39 is 0 Å². The van der Waals surface area contributed by atoms with Crippen molar-refractivity contribution in [3.63, 3.8) is 0 Å². The van der Waals surface area contributed by atoms with E-state index in [1.54, 1.807) is 12.3 Å². The SMILES string of the molecule is CCc1cc(C(=O)NC(C)C)ccn1. The Balaban J connectivity index is 2.79. The molecule has 14 heavy (non-hydrogen) atoms. The fourth-order valence-electron chi connectivity index (χ4n) is 1.16. The Bertz CT molecular complexity index is 321. The second-order valence-corrected chi connectivity index (χ2v) is 3.52. The Morgan fingerprint density at radius 2 is 2.29 bits per heavy atom. The van der Waals surface area contributed by atoms with Crippen molar-refractivity contribution in [1.29, 1.82) is 0 Å². The summed E-state index contributed by atoms with van der Waals surface area (Å²) < 4.78 is 0. The van der Waals surface area contributed by atoms with Crippen LogP contribution < -0.4 is 5.32 Å². The lowest BCUT2D eigenvalue weighted by molar-refractivity contribution is 0.0943. The summed E-state index contributed by atoms with van der Waals surface area (Å²) in [6.07, 6.45) is 2.52. The highest BCUT2D eigenvalue weighted by atomic mass is 16.1. The lowest BCUT2D eigenvalue weighted by Gasteiger charge is -2.08. The molecule has 0 unspecified atom stereocenters. The molecule has 1 amide bonds. The van der Waals surface area contributed by atoms with Crippen LogP contribution in [0.1, 0.15) is 36.8 Å². The first-order chi connectivity index (χ1) is 6.63. The molecule has 1 aromatic heterocycles. The van der Waals surface area contributed by atoms with E-state index in [1.165, 1.54) is 0 Å². The fourth-order valence-corrected chi connectivity index (χ4v) is 1.16. The number of pyridine rings is 1. The van der Waals surface area contributed by atoms with Gasteiger partial charge in [-0.2, -0.15) is 0 Å². The van der Waals surface area contributed by atoms with Gasteiger partial charge in [0.2, 0.25) is 0 Å². The molecule has 3 nitrogen and oxygen atoms in total. The van der Waals surface area contributed by atoms with Gasteiger partial charge in [0.15, 0.2) is 0 Å². The summed E-state index contributed by atoms with van der Waals surface area (Å²) in [5.41, 5.74) is 1.63. The quantitative estimate of drug-likeness (QED) is 0.793. The first kappa shape index (κ1) is 10.7. The standard InChI is InChI=1S/C11H16N2O/c1-4-10-7-9(5-6-12-10)11(14)13-8(2)3/h5-8H,4H2,1-3H3,(H,13,14). The van der Waals surface area contributed by atoms with Crippen molar-refractivity contribution < 1.29 is 4.79 Å². The van der Waals surface area contributed by atoms with Crippen LogP contribution in [0.5, 0.6) is 0 Å². The van der Waals surface area contributed by atoms with E-state index in [2.05, 4.69) is 10.3 Å². The highest BCUT2D eigenvalue weighted by Gasteiger charge is 2.06. The van der Waals surface area contributed by atoms with Gasteiger partial charge in [-0.05, 0) is 32.4 Å². The Morgan fingerprint density at radius 3 is 2.86 bits per heavy atom. The summed E-state index contributed by atoms with van der Waals surface area (Å²) in [6.45, 7) is 5.91. The van der Waals surface area contributed by atoms with Crippen LogP contribution in [0.15, 0.2) is 18.3 Å². The molecule has 1 aromatic rings. The molecule has 3 heteroatoms. The van der Waals surface area contributed by atoms with E-state index in [4.69, 9.17) is 0 Å². The van der Waals surface area contributed by atoms with Crippen molar-refractivity contribution in [3.8, 4) is 0 Å². The summed E-state index contributed by atoms with van der Waals surface area (Å²) in [6, 6.07) is 3.73. The number of carbonyl (C=O) groups excluding carboxylic acids is 1. The van der Waals surface area contributed by atoms with Crippen LogP contribution >= 0.6 is 0 Å². The monoisotopic (exact) mass is 192 g/mol. The first-order valence-corrected chi connectivity index (χ1v) is 4.89. The van der Waals surface area contributed by atoms with E-state index in [0.29, 0.717) is 5.56 Å². The van der Waals surface area contributed by atoms with Gasteiger partial charge >= 0.3 is 0 Å². The molecule has 0 radical (unpaired) electrons. The van der Waals surface area contributed by atoms with Crippen LogP contribution in [0.3, 0.4) is 0 Å². The van der Waals surface area contributed by atoms with Gasteiger partial charge in [0.25, 0.3) is 5.91 Å². The Kier molecular flexibility index (Phi) is 3.63. The van der Waals surface area contributed by atoms with Crippen molar-refractivity contribution in [1.82, 2.24) is 10.3 Å². The summed E-state index contributed by atoms with van der Waals surface area (Å²) in [5, 5.41) is 2.84. The molecule has 1 rings (SSSR count). The predicted molar refractivity (Wildman–Crippen MR) is 56.2 cm³/mol. The number of rotatable bonds is 3. The number of aryl methyl sites for hydroxylation is 1. The molecular weight excluding hydrogens is 176 g/mol. The van der Waals surface area contributed by atoms with Gasteiger partial charge in [-0.15, -0.1) is 0 Å². The predicted octanol–water partition coefficient (Wildman–Crippen LogP) is 1.78. The molecular formula is C11H16N2O. The molecule has 0 spiro atoms. The zero-order valence-corrected chi connectivity index (χ0v) is 8.87. The third-order valence-electron chi connectivity index (χ3n) is 1.86. The molecule has 0 aromatic carbocycles. The molecule has 0 saturated carbocycles. The minimum Gasteiger partial charge on any atom is -0.350 e. The van der Waals surface area contributed by atoms with Crippen molar-refractivity contribution >= 4 is 5.91 Å². The zero-order chi connectivity index (χ0) is 10.6. The molecule has 0 aliphatic rings. The van der Waals surface area contributed by atoms with Crippen molar-refractivity contribution in [3.05, 3.63) is 29.6 Å². The number of nitrogens with zero attached hydrogens (tertiary/aromatic N) is 1. The van der Waals surface area contributed by atoms with Gasteiger partial charge < -0.3 is 5.32 Å². The van der Waals surface area contributed by atoms with Crippen molar-refractivity contribution in [2.24, 2.45) is 0 Å². The van der Waals surface area contributed by atoms with Gasteiger partial charge in [-0.25, -0.2) is 0 Å². The van der Waals surface area contributed by atoms with Crippen LogP contribution in [0.2, 0.25) is 0 Å². The molecule has 0 saturated heterocycles. The van der Waals surface area contributed by atoms with Gasteiger partial charge in [-0.3, -0.25) is 9.78 Å². The van der Waals surface area contributed by atoms with E-state index in [9.17, 15) is 4.79 Å². The average Bonchev–Trinajstić information content (AvgIpc) is 2.17. The number of hydrogen-bond acceptors (Lipinski definition) is 2.